The molecule has 110 valence electrons. The van der Waals surface area contributed by atoms with E-state index < -0.39 is 0 Å². The number of hydrogen-bond acceptors (Lipinski definition) is 4. The largest absolute Gasteiger partial charge is 0.450 e. The average molecular weight is 280 g/mol. The maximum atomic E-state index is 12.1. The fraction of sp³-hybridized carbons (Fsp3) is 0.615. The molecule has 2 rings (SSSR count). The molecule has 0 bridgehead atoms. The lowest BCUT2D eigenvalue weighted by atomic mass is 10.3. The molecule has 1 saturated heterocycles. The second-order valence-corrected chi connectivity index (χ2v) is 4.78. The Morgan fingerprint density at radius 2 is 1.90 bits per heavy atom. The van der Waals surface area contributed by atoms with E-state index in [1.165, 1.54) is 0 Å². The molecule has 0 atom stereocenters. The van der Waals surface area contributed by atoms with Gasteiger partial charge in [-0.3, -0.25) is 9.48 Å². The van der Waals surface area contributed by atoms with Gasteiger partial charge in [0, 0.05) is 32.4 Å². The number of carbonyl (C=O) groups excluding carboxylic acids is 2. The van der Waals surface area contributed by atoms with Crippen molar-refractivity contribution in [3.05, 3.63) is 18.0 Å². The van der Waals surface area contributed by atoms with Crippen molar-refractivity contribution in [3.63, 3.8) is 0 Å². The Morgan fingerprint density at radius 3 is 2.45 bits per heavy atom. The van der Waals surface area contributed by atoms with Crippen LogP contribution in [-0.4, -0.2) is 64.4 Å². The van der Waals surface area contributed by atoms with Gasteiger partial charge in [-0.05, 0) is 19.4 Å². The molecule has 1 fully saturated rings. The van der Waals surface area contributed by atoms with Gasteiger partial charge in [-0.2, -0.15) is 5.10 Å². The lowest BCUT2D eigenvalue weighted by Gasteiger charge is -2.34. The van der Waals surface area contributed by atoms with Gasteiger partial charge >= 0.3 is 6.09 Å². The van der Waals surface area contributed by atoms with Crippen molar-refractivity contribution in [2.24, 2.45) is 0 Å². The quantitative estimate of drug-likeness (QED) is 0.808. The Morgan fingerprint density at radius 1 is 1.25 bits per heavy atom. The van der Waals surface area contributed by atoms with Crippen LogP contribution in [0.1, 0.15) is 12.5 Å². The molecule has 1 aromatic rings. The lowest BCUT2D eigenvalue weighted by Crippen LogP contribution is -2.51. The number of ether oxygens (including phenoxy) is 1. The third-order valence-electron chi connectivity index (χ3n) is 3.22. The van der Waals surface area contributed by atoms with Gasteiger partial charge in [0.1, 0.15) is 6.54 Å². The topological polar surface area (TPSA) is 67.7 Å². The maximum Gasteiger partial charge on any atom is 0.409 e. The molecule has 0 N–H and O–H groups in total. The van der Waals surface area contributed by atoms with Gasteiger partial charge in [0.25, 0.3) is 0 Å². The number of carbonyl (C=O) groups is 2. The van der Waals surface area contributed by atoms with Gasteiger partial charge < -0.3 is 14.5 Å². The minimum Gasteiger partial charge on any atom is -0.450 e. The second-order valence-electron chi connectivity index (χ2n) is 4.78. The van der Waals surface area contributed by atoms with Crippen LogP contribution in [-0.2, 0) is 16.1 Å². The molecule has 2 amide bonds. The van der Waals surface area contributed by atoms with E-state index >= 15 is 0 Å². The fourth-order valence-electron chi connectivity index (χ4n) is 2.15. The number of rotatable bonds is 3. The number of nitrogens with zero attached hydrogens (tertiary/aromatic N) is 4. The third-order valence-corrected chi connectivity index (χ3v) is 3.22. The van der Waals surface area contributed by atoms with Crippen LogP contribution in [0.5, 0.6) is 0 Å². The monoisotopic (exact) mass is 280 g/mol. The second kappa shape index (κ2) is 6.40. The summed E-state index contributed by atoms with van der Waals surface area (Å²) in [5.74, 6) is 0.0246. The standard InChI is InChI=1S/C13H20N4O3/c1-3-20-13(19)16-6-4-15(5-7-16)12(18)10-17-9-11(2)8-14-17/h8-9H,3-7,10H2,1-2H3. The zero-order valence-corrected chi connectivity index (χ0v) is 11.9. The smallest absolute Gasteiger partial charge is 0.409 e. The first-order valence-electron chi connectivity index (χ1n) is 6.78. The van der Waals surface area contributed by atoms with Crippen molar-refractivity contribution in [2.45, 2.75) is 20.4 Å². The summed E-state index contributed by atoms with van der Waals surface area (Å²) in [6, 6.07) is 0. The molecule has 0 aliphatic carbocycles. The maximum absolute atomic E-state index is 12.1. The number of amides is 2. The van der Waals surface area contributed by atoms with Crippen LogP contribution in [0.25, 0.3) is 0 Å². The Kier molecular flexibility index (Phi) is 4.60. The van der Waals surface area contributed by atoms with Crippen molar-refractivity contribution in [1.29, 1.82) is 0 Å². The molecule has 0 aromatic carbocycles. The normalized spacial score (nSPS) is 15.3. The van der Waals surface area contributed by atoms with Crippen LogP contribution in [0.15, 0.2) is 12.4 Å². The molecule has 20 heavy (non-hydrogen) atoms. The first-order chi connectivity index (χ1) is 9.60. The van der Waals surface area contributed by atoms with E-state index in [2.05, 4.69) is 5.10 Å². The minimum absolute atomic E-state index is 0.0246. The Hall–Kier alpha value is -2.05. The minimum atomic E-state index is -0.303. The first kappa shape index (κ1) is 14.4. The van der Waals surface area contributed by atoms with Crippen molar-refractivity contribution >= 4 is 12.0 Å². The summed E-state index contributed by atoms with van der Waals surface area (Å²) in [6.07, 6.45) is 3.26. The van der Waals surface area contributed by atoms with Crippen LogP contribution in [0.3, 0.4) is 0 Å². The van der Waals surface area contributed by atoms with Gasteiger partial charge in [-0.1, -0.05) is 0 Å². The van der Waals surface area contributed by atoms with E-state index in [9.17, 15) is 9.59 Å². The van der Waals surface area contributed by atoms with Gasteiger partial charge in [0.05, 0.1) is 12.8 Å². The highest BCUT2D eigenvalue weighted by atomic mass is 16.6. The molecule has 1 aromatic heterocycles. The molecule has 7 heteroatoms. The first-order valence-corrected chi connectivity index (χ1v) is 6.78. The summed E-state index contributed by atoms with van der Waals surface area (Å²) in [5.41, 5.74) is 1.03. The average Bonchev–Trinajstić information content (AvgIpc) is 2.84. The number of piperazine rings is 1. The Labute approximate surface area is 118 Å². The van der Waals surface area contributed by atoms with E-state index in [1.807, 2.05) is 13.1 Å². The Bertz CT molecular complexity index is 478. The molecular formula is C13H20N4O3. The van der Waals surface area contributed by atoms with E-state index in [0.717, 1.165) is 5.56 Å². The molecule has 0 saturated carbocycles. The zero-order valence-electron chi connectivity index (χ0n) is 11.9. The van der Waals surface area contributed by atoms with Crippen LogP contribution >= 0.6 is 0 Å². The molecule has 7 nitrogen and oxygen atoms in total. The number of aromatic nitrogens is 2. The summed E-state index contributed by atoms with van der Waals surface area (Å²) in [7, 11) is 0. The van der Waals surface area contributed by atoms with Gasteiger partial charge in [0.2, 0.25) is 5.91 Å². The fourth-order valence-corrected chi connectivity index (χ4v) is 2.15. The Balaban J connectivity index is 1.81. The molecule has 1 aliphatic heterocycles. The molecule has 0 radical (unpaired) electrons. The van der Waals surface area contributed by atoms with Gasteiger partial charge in [0.15, 0.2) is 0 Å². The summed E-state index contributed by atoms with van der Waals surface area (Å²) in [6.45, 7) is 6.45. The van der Waals surface area contributed by atoms with E-state index in [0.29, 0.717) is 32.8 Å². The summed E-state index contributed by atoms with van der Waals surface area (Å²) < 4.78 is 6.58. The van der Waals surface area contributed by atoms with Crippen molar-refractivity contribution in [1.82, 2.24) is 19.6 Å². The van der Waals surface area contributed by atoms with Gasteiger partial charge in [-0.25, -0.2) is 4.79 Å². The third kappa shape index (κ3) is 3.49. The number of aryl methyl sites for hydroxylation is 1. The van der Waals surface area contributed by atoms with E-state index in [-0.39, 0.29) is 18.5 Å². The summed E-state index contributed by atoms with van der Waals surface area (Å²) in [5, 5.41) is 4.10. The van der Waals surface area contributed by atoms with E-state index in [1.54, 1.807) is 27.6 Å². The van der Waals surface area contributed by atoms with Crippen molar-refractivity contribution < 1.29 is 14.3 Å². The number of hydrogen-bond donors (Lipinski definition) is 0. The van der Waals surface area contributed by atoms with Crippen LogP contribution in [0.4, 0.5) is 4.79 Å². The van der Waals surface area contributed by atoms with Gasteiger partial charge in [-0.15, -0.1) is 0 Å². The summed E-state index contributed by atoms with van der Waals surface area (Å²) in [4.78, 5) is 27.1. The predicted molar refractivity (Wildman–Crippen MR) is 72.1 cm³/mol. The highest BCUT2D eigenvalue weighted by Crippen LogP contribution is 2.05. The van der Waals surface area contributed by atoms with Crippen LogP contribution in [0, 0.1) is 6.92 Å². The highest BCUT2D eigenvalue weighted by Gasteiger charge is 2.24. The lowest BCUT2D eigenvalue weighted by molar-refractivity contribution is -0.133. The SMILES string of the molecule is CCOC(=O)N1CCN(C(=O)Cn2cc(C)cn2)CC1. The molecule has 2 heterocycles. The van der Waals surface area contributed by atoms with E-state index in [4.69, 9.17) is 4.74 Å². The molecule has 0 unspecified atom stereocenters. The van der Waals surface area contributed by atoms with Crippen molar-refractivity contribution in [2.75, 3.05) is 32.8 Å². The molecular weight excluding hydrogens is 260 g/mol. The molecule has 0 spiro atoms. The van der Waals surface area contributed by atoms with Crippen LogP contribution in [0.2, 0.25) is 0 Å². The summed E-state index contributed by atoms with van der Waals surface area (Å²) >= 11 is 0. The molecule has 1 aliphatic rings. The van der Waals surface area contributed by atoms with Crippen LogP contribution < -0.4 is 0 Å². The zero-order chi connectivity index (χ0) is 14.5. The van der Waals surface area contributed by atoms with Crippen molar-refractivity contribution in [3.8, 4) is 0 Å². The predicted octanol–water partition coefficient (Wildman–Crippen LogP) is 0.492. The highest BCUT2D eigenvalue weighted by molar-refractivity contribution is 5.76.